The summed E-state index contributed by atoms with van der Waals surface area (Å²) in [4.78, 5) is 11.1. The van der Waals surface area contributed by atoms with Crippen LogP contribution in [0.2, 0.25) is 0 Å². The maximum Gasteiger partial charge on any atom is 0.303 e. The lowest BCUT2D eigenvalue weighted by atomic mass is 9.43. The summed E-state index contributed by atoms with van der Waals surface area (Å²) in [6.45, 7) is 6.50. The molecule has 4 fully saturated rings. The number of aliphatic hydroxyl groups is 4. The van der Waals surface area contributed by atoms with Crippen molar-refractivity contribution in [3.8, 4) is 0 Å². The second-order valence-corrected chi connectivity index (χ2v) is 11.6. The number of fused-ring (bicyclic) bond motifs is 5. The molecule has 0 aromatic rings. The van der Waals surface area contributed by atoms with Gasteiger partial charge in [-0.25, -0.2) is 0 Å². The summed E-state index contributed by atoms with van der Waals surface area (Å²) in [7, 11) is 0. The standard InChI is InChI=1S/C24H40O6/c1-12(4-7-21(29)30)14-5-6-15-22-16(10-20(28)24(14,15)3)23(2)11-19(27)17(25)8-13(23)9-18(22)26/h12-20,22,25-28H,4-11H2,1-3H3,(H,29,30)/t12-,13?,14?,15?,16?,17+,18-,19-,20+,22?,23+,24-/m1/s1. The number of rotatable bonds is 4. The Morgan fingerprint density at radius 3 is 2.30 bits per heavy atom. The van der Waals surface area contributed by atoms with Gasteiger partial charge in [0, 0.05) is 6.42 Å². The Morgan fingerprint density at radius 2 is 1.63 bits per heavy atom. The van der Waals surface area contributed by atoms with E-state index in [0.29, 0.717) is 32.1 Å². The van der Waals surface area contributed by atoms with Crippen molar-refractivity contribution in [3.05, 3.63) is 0 Å². The Labute approximate surface area is 179 Å². The van der Waals surface area contributed by atoms with Gasteiger partial charge in [-0.1, -0.05) is 20.8 Å². The molecule has 4 aliphatic carbocycles. The molecule has 4 rings (SSSR count). The maximum absolute atomic E-state index is 11.5. The molecule has 5 N–H and O–H groups in total. The Bertz CT molecular complexity index is 668. The zero-order valence-electron chi connectivity index (χ0n) is 18.6. The average molecular weight is 425 g/mol. The molecular weight excluding hydrogens is 384 g/mol. The fourth-order valence-electron chi connectivity index (χ4n) is 8.72. The van der Waals surface area contributed by atoms with Crippen molar-refractivity contribution < 1.29 is 30.3 Å². The number of carboxylic acids is 1. The Morgan fingerprint density at radius 1 is 0.967 bits per heavy atom. The molecular formula is C24H40O6. The van der Waals surface area contributed by atoms with E-state index < -0.39 is 30.4 Å². The van der Waals surface area contributed by atoms with Crippen molar-refractivity contribution in [2.45, 2.75) is 96.6 Å². The molecule has 12 atom stereocenters. The fourth-order valence-corrected chi connectivity index (χ4v) is 8.72. The van der Waals surface area contributed by atoms with Gasteiger partial charge >= 0.3 is 5.97 Å². The molecule has 0 heterocycles. The summed E-state index contributed by atoms with van der Waals surface area (Å²) < 4.78 is 0. The minimum atomic E-state index is -0.773. The van der Waals surface area contributed by atoms with Crippen LogP contribution in [-0.4, -0.2) is 55.9 Å². The summed E-state index contributed by atoms with van der Waals surface area (Å²) in [6.07, 6.45) is 2.63. The monoisotopic (exact) mass is 424 g/mol. The van der Waals surface area contributed by atoms with Gasteiger partial charge in [-0.05, 0) is 91.3 Å². The van der Waals surface area contributed by atoms with E-state index in [0.717, 1.165) is 12.8 Å². The van der Waals surface area contributed by atoms with Crippen molar-refractivity contribution in [2.75, 3.05) is 0 Å². The molecule has 6 nitrogen and oxygen atoms in total. The summed E-state index contributed by atoms with van der Waals surface area (Å²) in [5, 5.41) is 52.5. The first-order valence-electron chi connectivity index (χ1n) is 11.9. The first-order chi connectivity index (χ1) is 14.0. The molecule has 0 radical (unpaired) electrons. The molecule has 0 aliphatic heterocycles. The van der Waals surface area contributed by atoms with Gasteiger partial charge in [0.15, 0.2) is 0 Å². The van der Waals surface area contributed by atoms with Crippen LogP contribution < -0.4 is 0 Å². The molecule has 4 aliphatic rings. The predicted octanol–water partition coefficient (Wildman–Crippen LogP) is 2.42. The second kappa shape index (κ2) is 7.72. The molecule has 0 bridgehead atoms. The van der Waals surface area contributed by atoms with Crippen LogP contribution in [0.25, 0.3) is 0 Å². The first-order valence-corrected chi connectivity index (χ1v) is 11.9. The highest BCUT2D eigenvalue weighted by Crippen LogP contribution is 2.68. The van der Waals surface area contributed by atoms with Gasteiger partial charge in [-0.15, -0.1) is 0 Å². The number of carbonyl (C=O) groups is 1. The van der Waals surface area contributed by atoms with Gasteiger partial charge in [-0.2, -0.15) is 0 Å². The highest BCUT2D eigenvalue weighted by molar-refractivity contribution is 5.66. The number of aliphatic carboxylic acids is 1. The molecule has 172 valence electrons. The van der Waals surface area contributed by atoms with E-state index in [4.69, 9.17) is 5.11 Å². The molecule has 0 aromatic heterocycles. The lowest BCUT2D eigenvalue weighted by Crippen LogP contribution is -2.63. The zero-order valence-corrected chi connectivity index (χ0v) is 18.6. The number of aliphatic hydroxyl groups excluding tert-OH is 4. The van der Waals surface area contributed by atoms with Crippen molar-refractivity contribution in [1.82, 2.24) is 0 Å². The third-order valence-corrected chi connectivity index (χ3v) is 10.4. The predicted molar refractivity (Wildman–Crippen MR) is 111 cm³/mol. The molecule has 30 heavy (non-hydrogen) atoms. The van der Waals surface area contributed by atoms with Gasteiger partial charge in [0.2, 0.25) is 0 Å². The topological polar surface area (TPSA) is 118 Å². The van der Waals surface area contributed by atoms with Gasteiger partial charge in [0.05, 0.1) is 24.4 Å². The smallest absolute Gasteiger partial charge is 0.303 e. The molecule has 6 heteroatoms. The normalized spacial score (nSPS) is 54.0. The highest BCUT2D eigenvalue weighted by atomic mass is 16.4. The molecule has 5 unspecified atom stereocenters. The van der Waals surface area contributed by atoms with Crippen LogP contribution in [0, 0.1) is 46.3 Å². The number of carboxylic acid groups (broad SMARTS) is 1. The van der Waals surface area contributed by atoms with Gasteiger partial charge in [0.25, 0.3) is 0 Å². The first kappa shape index (κ1) is 22.5. The van der Waals surface area contributed by atoms with E-state index in [1.807, 2.05) is 0 Å². The van der Waals surface area contributed by atoms with Crippen LogP contribution in [-0.2, 0) is 4.79 Å². The van der Waals surface area contributed by atoms with E-state index in [9.17, 15) is 25.2 Å². The Hall–Kier alpha value is -0.690. The summed E-state index contributed by atoms with van der Waals surface area (Å²) in [5.41, 5.74) is -0.492. The number of hydrogen-bond acceptors (Lipinski definition) is 5. The minimum absolute atomic E-state index is 0.0961. The average Bonchev–Trinajstić information content (AvgIpc) is 3.02. The van der Waals surface area contributed by atoms with Crippen LogP contribution in [0.1, 0.15) is 72.1 Å². The van der Waals surface area contributed by atoms with Crippen LogP contribution in [0.15, 0.2) is 0 Å². The molecule has 0 spiro atoms. The van der Waals surface area contributed by atoms with Crippen LogP contribution in [0.3, 0.4) is 0 Å². The Kier molecular flexibility index (Phi) is 5.79. The van der Waals surface area contributed by atoms with E-state index >= 15 is 0 Å². The second-order valence-electron chi connectivity index (χ2n) is 11.6. The molecule has 0 amide bonds. The molecule has 4 saturated carbocycles. The summed E-state index contributed by atoms with van der Waals surface area (Å²) in [5.74, 6) is 0.307. The lowest BCUT2D eigenvalue weighted by molar-refractivity contribution is -0.219. The van der Waals surface area contributed by atoms with E-state index in [2.05, 4.69) is 20.8 Å². The lowest BCUT2D eigenvalue weighted by Gasteiger charge is -2.64. The van der Waals surface area contributed by atoms with Gasteiger partial charge in [-0.3, -0.25) is 4.79 Å². The van der Waals surface area contributed by atoms with Crippen molar-refractivity contribution >= 4 is 5.97 Å². The van der Waals surface area contributed by atoms with Crippen LogP contribution in [0.4, 0.5) is 0 Å². The van der Waals surface area contributed by atoms with Crippen LogP contribution >= 0.6 is 0 Å². The fraction of sp³-hybridized carbons (Fsp3) is 0.958. The number of hydrogen-bond donors (Lipinski definition) is 5. The van der Waals surface area contributed by atoms with Crippen molar-refractivity contribution in [2.24, 2.45) is 46.3 Å². The maximum atomic E-state index is 11.5. The van der Waals surface area contributed by atoms with Gasteiger partial charge < -0.3 is 25.5 Å². The van der Waals surface area contributed by atoms with Gasteiger partial charge in [0.1, 0.15) is 0 Å². The van der Waals surface area contributed by atoms with E-state index in [1.54, 1.807) is 0 Å². The third-order valence-electron chi connectivity index (χ3n) is 10.4. The highest BCUT2D eigenvalue weighted by Gasteiger charge is 2.66. The quantitative estimate of drug-likeness (QED) is 0.473. The zero-order chi connectivity index (χ0) is 22.0. The van der Waals surface area contributed by atoms with Crippen molar-refractivity contribution in [1.29, 1.82) is 0 Å². The van der Waals surface area contributed by atoms with Crippen molar-refractivity contribution in [3.63, 3.8) is 0 Å². The summed E-state index contributed by atoms with van der Waals surface area (Å²) >= 11 is 0. The van der Waals surface area contributed by atoms with E-state index in [1.165, 1.54) is 0 Å². The summed E-state index contributed by atoms with van der Waals surface area (Å²) in [6, 6.07) is 0. The molecule has 0 aromatic carbocycles. The largest absolute Gasteiger partial charge is 0.481 e. The molecule has 0 saturated heterocycles. The minimum Gasteiger partial charge on any atom is -0.481 e. The Balaban J connectivity index is 1.62. The van der Waals surface area contributed by atoms with E-state index in [-0.39, 0.29) is 52.8 Å². The van der Waals surface area contributed by atoms with Crippen LogP contribution in [0.5, 0.6) is 0 Å². The SMILES string of the molecule is C[C@H](CCC(=O)O)C1CCC2C3C(C[C@H](O)[C@@]21C)[C@@]1(C)C[C@@H](O)[C@@H](O)CC1C[C@H]3O. The third kappa shape index (κ3) is 3.25.